The Balaban J connectivity index is 2.21. The fraction of sp³-hybridized carbons (Fsp3) is 0.412. The monoisotopic (exact) mass is 335 g/mol. The predicted octanol–water partition coefficient (Wildman–Crippen LogP) is 4.10. The van der Waals surface area contributed by atoms with Crippen molar-refractivity contribution in [3.8, 4) is 11.3 Å². The molecule has 1 aromatic heterocycles. The van der Waals surface area contributed by atoms with Crippen LogP contribution >= 0.6 is 11.9 Å². The van der Waals surface area contributed by atoms with Crippen molar-refractivity contribution in [2.45, 2.75) is 38.0 Å². The van der Waals surface area contributed by atoms with Gasteiger partial charge in [0.2, 0.25) is 0 Å². The Kier molecular flexibility index (Phi) is 6.36. The molecule has 23 heavy (non-hydrogen) atoms. The lowest BCUT2D eigenvalue weighted by atomic mass is 10.1. The number of rotatable bonds is 8. The molecule has 0 aliphatic rings. The van der Waals surface area contributed by atoms with E-state index in [4.69, 9.17) is 0 Å². The summed E-state index contributed by atoms with van der Waals surface area (Å²) in [5.74, 6) is -0.276. The molecular weight excluding hydrogens is 313 g/mol. The van der Waals surface area contributed by atoms with Crippen LogP contribution in [0, 0.1) is 5.82 Å². The molecule has 0 aliphatic carbocycles. The van der Waals surface area contributed by atoms with Crippen LogP contribution in [0.1, 0.15) is 43.2 Å². The Morgan fingerprint density at radius 3 is 2.61 bits per heavy atom. The van der Waals surface area contributed by atoms with Gasteiger partial charge in [0.15, 0.2) is 6.29 Å². The number of halogens is 1. The molecule has 0 saturated heterocycles. The van der Waals surface area contributed by atoms with Gasteiger partial charge in [0.1, 0.15) is 11.5 Å². The highest BCUT2D eigenvalue weighted by atomic mass is 32.2. The van der Waals surface area contributed by atoms with Crippen LogP contribution in [-0.4, -0.2) is 28.4 Å². The first-order valence-electron chi connectivity index (χ1n) is 7.68. The molecule has 0 bridgehead atoms. The number of carbonyl (C=O) groups is 1. The number of aldehydes is 1. The molecule has 2 aromatic rings. The van der Waals surface area contributed by atoms with E-state index >= 15 is 0 Å². The summed E-state index contributed by atoms with van der Waals surface area (Å²) in [5.41, 5.74) is 2.10. The maximum Gasteiger partial charge on any atom is 0.170 e. The maximum absolute atomic E-state index is 13.1. The summed E-state index contributed by atoms with van der Waals surface area (Å²) in [6, 6.07) is 8.17. The van der Waals surface area contributed by atoms with Crippen LogP contribution in [0.3, 0.4) is 0 Å². The number of benzene rings is 1. The van der Waals surface area contributed by atoms with Gasteiger partial charge in [-0.1, -0.05) is 18.9 Å². The Labute approximate surface area is 140 Å². The van der Waals surface area contributed by atoms with Gasteiger partial charge >= 0.3 is 0 Å². The molecule has 4 nitrogen and oxygen atoms in total. The lowest BCUT2D eigenvalue weighted by Gasteiger charge is -2.18. The van der Waals surface area contributed by atoms with Gasteiger partial charge in [-0.2, -0.15) is 5.10 Å². The average molecular weight is 335 g/mol. The van der Waals surface area contributed by atoms with Crippen molar-refractivity contribution in [2.24, 2.45) is 0 Å². The number of nitrogens with zero attached hydrogens (tertiary/aromatic N) is 2. The lowest BCUT2D eigenvalue weighted by molar-refractivity contribution is 0.111. The van der Waals surface area contributed by atoms with Crippen molar-refractivity contribution >= 4 is 18.2 Å². The molecular formula is C17H22FN3OS. The number of hydrogen-bond acceptors (Lipinski definition) is 4. The minimum Gasteiger partial charge on any atom is -0.296 e. The first-order valence-corrected chi connectivity index (χ1v) is 8.56. The van der Waals surface area contributed by atoms with Crippen molar-refractivity contribution in [1.29, 1.82) is 0 Å². The molecule has 1 N–H and O–H groups in total. The average Bonchev–Trinajstić information content (AvgIpc) is 2.98. The zero-order valence-corrected chi connectivity index (χ0v) is 14.4. The summed E-state index contributed by atoms with van der Waals surface area (Å²) in [4.78, 5) is 11.1. The van der Waals surface area contributed by atoms with Gasteiger partial charge in [0, 0.05) is 16.9 Å². The topological polar surface area (TPSA) is 46.9 Å². The summed E-state index contributed by atoms with van der Waals surface area (Å²) in [7, 11) is 1.92. The van der Waals surface area contributed by atoms with E-state index in [0.717, 1.165) is 30.4 Å². The van der Waals surface area contributed by atoms with E-state index in [0.29, 0.717) is 10.9 Å². The second kappa shape index (κ2) is 8.26. The predicted molar refractivity (Wildman–Crippen MR) is 93.1 cm³/mol. The van der Waals surface area contributed by atoms with Gasteiger partial charge in [-0.15, -0.1) is 0 Å². The van der Waals surface area contributed by atoms with Crippen molar-refractivity contribution < 1.29 is 9.18 Å². The highest BCUT2D eigenvalue weighted by Crippen LogP contribution is 2.27. The third-order valence-corrected chi connectivity index (χ3v) is 4.62. The summed E-state index contributed by atoms with van der Waals surface area (Å²) in [6.45, 7) is 4.26. The number of nitrogens with one attached hydrogen (secondary N) is 1. The van der Waals surface area contributed by atoms with Crippen molar-refractivity contribution in [3.63, 3.8) is 0 Å². The van der Waals surface area contributed by atoms with Gasteiger partial charge < -0.3 is 0 Å². The Morgan fingerprint density at radius 2 is 2.00 bits per heavy atom. The van der Waals surface area contributed by atoms with E-state index in [1.807, 2.05) is 11.7 Å². The van der Waals surface area contributed by atoms with Crippen LogP contribution in [-0.2, 0) is 0 Å². The molecule has 0 saturated carbocycles. The van der Waals surface area contributed by atoms with Crippen molar-refractivity contribution in [3.05, 3.63) is 41.8 Å². The van der Waals surface area contributed by atoms with Gasteiger partial charge in [0.05, 0.1) is 5.69 Å². The quantitative estimate of drug-likeness (QED) is 0.583. The van der Waals surface area contributed by atoms with Crippen LogP contribution in [0.5, 0.6) is 0 Å². The van der Waals surface area contributed by atoms with Gasteiger partial charge in [-0.05, 0) is 57.1 Å². The molecule has 1 aromatic carbocycles. The summed E-state index contributed by atoms with van der Waals surface area (Å²) in [5, 5.41) is 4.88. The molecule has 0 fully saturated rings. The number of aromatic nitrogens is 2. The summed E-state index contributed by atoms with van der Waals surface area (Å²) < 4.78 is 18.1. The molecule has 2 rings (SSSR count). The molecule has 0 radical (unpaired) electrons. The molecule has 2 unspecified atom stereocenters. The van der Waals surface area contributed by atoms with Gasteiger partial charge in [0.25, 0.3) is 0 Å². The highest BCUT2D eigenvalue weighted by Gasteiger charge is 2.16. The second-order valence-corrected chi connectivity index (χ2v) is 7.03. The largest absolute Gasteiger partial charge is 0.296 e. The van der Waals surface area contributed by atoms with E-state index < -0.39 is 0 Å². The zero-order chi connectivity index (χ0) is 16.8. The minimum absolute atomic E-state index is 0.156. The normalized spacial score (nSPS) is 13.7. The van der Waals surface area contributed by atoms with Crippen LogP contribution in [0.25, 0.3) is 11.3 Å². The number of carbonyl (C=O) groups excluding carboxylic acids is 1. The smallest absolute Gasteiger partial charge is 0.170 e. The zero-order valence-electron chi connectivity index (χ0n) is 13.6. The number of hydrogen-bond donors (Lipinski definition) is 1. The van der Waals surface area contributed by atoms with Crippen LogP contribution in [0.15, 0.2) is 30.3 Å². The first kappa shape index (κ1) is 17.7. The first-order chi connectivity index (χ1) is 11.0. The van der Waals surface area contributed by atoms with E-state index in [1.165, 1.54) is 12.1 Å². The standard InChI is InChI=1S/C17H22FN3OS/c1-12(4-5-13(2)23-19-3)21-17(10-16(11-22)20-21)14-6-8-15(18)9-7-14/h6-13,19H,4-5H2,1-3H3. The lowest BCUT2D eigenvalue weighted by Crippen LogP contribution is -2.12. The Hall–Kier alpha value is -1.66. The van der Waals surface area contributed by atoms with E-state index in [9.17, 15) is 9.18 Å². The third kappa shape index (κ3) is 4.65. The SMILES string of the molecule is CNSC(C)CCC(C)n1nc(C=O)cc1-c1ccc(F)cc1. The van der Waals surface area contributed by atoms with E-state index in [-0.39, 0.29) is 11.9 Å². The second-order valence-electron chi connectivity index (χ2n) is 5.58. The minimum atomic E-state index is -0.276. The van der Waals surface area contributed by atoms with Crippen LogP contribution in [0.2, 0.25) is 0 Å². The molecule has 0 amide bonds. The van der Waals surface area contributed by atoms with Crippen molar-refractivity contribution in [2.75, 3.05) is 7.05 Å². The Bertz CT molecular complexity index is 642. The fourth-order valence-corrected chi connectivity index (χ4v) is 3.16. The van der Waals surface area contributed by atoms with E-state index in [2.05, 4.69) is 23.7 Å². The van der Waals surface area contributed by atoms with Gasteiger partial charge in [-0.25, -0.2) is 4.39 Å². The molecule has 0 spiro atoms. The third-order valence-electron chi connectivity index (χ3n) is 3.74. The van der Waals surface area contributed by atoms with Crippen LogP contribution < -0.4 is 4.72 Å². The molecule has 0 aliphatic heterocycles. The fourth-order valence-electron chi connectivity index (χ4n) is 2.50. The highest BCUT2D eigenvalue weighted by molar-refractivity contribution is 7.97. The van der Waals surface area contributed by atoms with Crippen molar-refractivity contribution in [1.82, 2.24) is 14.5 Å². The molecule has 124 valence electrons. The molecule has 1 heterocycles. The summed E-state index contributed by atoms with van der Waals surface area (Å²) >= 11 is 1.70. The van der Waals surface area contributed by atoms with Crippen LogP contribution in [0.4, 0.5) is 4.39 Å². The van der Waals surface area contributed by atoms with E-state index in [1.54, 1.807) is 30.1 Å². The maximum atomic E-state index is 13.1. The summed E-state index contributed by atoms with van der Waals surface area (Å²) in [6.07, 6.45) is 2.73. The van der Waals surface area contributed by atoms with Gasteiger partial charge in [-0.3, -0.25) is 14.2 Å². The Morgan fingerprint density at radius 1 is 1.30 bits per heavy atom. The molecule has 2 atom stereocenters. The molecule has 6 heteroatoms.